The lowest BCUT2D eigenvalue weighted by Gasteiger charge is -2.13. The van der Waals surface area contributed by atoms with Crippen LogP contribution in [0.1, 0.15) is 18.9 Å². The third-order valence-corrected chi connectivity index (χ3v) is 3.19. The summed E-state index contributed by atoms with van der Waals surface area (Å²) in [4.78, 5) is 0. The van der Waals surface area contributed by atoms with E-state index in [0.717, 1.165) is 25.1 Å². The quantitative estimate of drug-likeness (QED) is 0.736. The van der Waals surface area contributed by atoms with Crippen molar-refractivity contribution in [3.63, 3.8) is 0 Å². The maximum absolute atomic E-state index is 12.7. The molecule has 1 atom stereocenters. The Labute approximate surface area is 102 Å². The zero-order chi connectivity index (χ0) is 11.8. The molecule has 0 aromatic heterocycles. The highest BCUT2D eigenvalue weighted by Gasteiger charge is 2.01. The largest absolute Gasteiger partial charge is 0.313 e. The van der Waals surface area contributed by atoms with E-state index in [4.69, 9.17) is 0 Å². The summed E-state index contributed by atoms with van der Waals surface area (Å²) in [6.45, 7) is 3.26. The molecule has 0 radical (unpaired) electrons. The maximum atomic E-state index is 12.7. The standard InChI is InChI=1S/C13H20FNS/c1-11(15-9-10-16-2)3-4-12-5-7-13(14)8-6-12/h5-8,11,15H,3-4,9-10H2,1-2H3. The molecule has 0 amide bonds. The molecule has 1 unspecified atom stereocenters. The van der Waals surface area contributed by atoms with Crippen molar-refractivity contribution in [2.75, 3.05) is 18.6 Å². The van der Waals surface area contributed by atoms with Gasteiger partial charge in [0.15, 0.2) is 0 Å². The number of halogens is 1. The van der Waals surface area contributed by atoms with Crippen molar-refractivity contribution in [3.8, 4) is 0 Å². The lowest BCUT2D eigenvalue weighted by Crippen LogP contribution is -2.28. The Bertz CT molecular complexity index is 286. The molecule has 0 heterocycles. The van der Waals surface area contributed by atoms with E-state index < -0.39 is 0 Å². The summed E-state index contributed by atoms with van der Waals surface area (Å²) in [5.74, 6) is 0.996. The minimum Gasteiger partial charge on any atom is -0.313 e. The van der Waals surface area contributed by atoms with E-state index >= 15 is 0 Å². The van der Waals surface area contributed by atoms with Crippen LogP contribution in [0.4, 0.5) is 4.39 Å². The van der Waals surface area contributed by atoms with Crippen LogP contribution in [0, 0.1) is 5.82 Å². The SMILES string of the molecule is CSCCNC(C)CCc1ccc(F)cc1. The minimum atomic E-state index is -0.158. The molecule has 16 heavy (non-hydrogen) atoms. The van der Waals surface area contributed by atoms with Crippen LogP contribution >= 0.6 is 11.8 Å². The lowest BCUT2D eigenvalue weighted by molar-refractivity contribution is 0.532. The predicted octanol–water partition coefficient (Wildman–Crippen LogP) is 3.10. The molecule has 0 bridgehead atoms. The molecule has 0 fully saturated rings. The van der Waals surface area contributed by atoms with Crippen LogP contribution in [0.25, 0.3) is 0 Å². The second-order valence-corrected chi connectivity index (χ2v) is 5.00. The molecule has 1 rings (SSSR count). The predicted molar refractivity (Wildman–Crippen MR) is 70.6 cm³/mol. The minimum absolute atomic E-state index is 0.158. The van der Waals surface area contributed by atoms with Crippen LogP contribution in [-0.4, -0.2) is 24.6 Å². The number of aryl methyl sites for hydroxylation is 1. The Balaban J connectivity index is 2.20. The average molecular weight is 241 g/mol. The van der Waals surface area contributed by atoms with Gasteiger partial charge in [0.05, 0.1) is 0 Å². The van der Waals surface area contributed by atoms with Crippen LogP contribution in [0.15, 0.2) is 24.3 Å². The number of benzene rings is 1. The second kappa shape index (κ2) is 7.69. The smallest absolute Gasteiger partial charge is 0.123 e. The lowest BCUT2D eigenvalue weighted by atomic mass is 10.1. The number of rotatable bonds is 7. The van der Waals surface area contributed by atoms with Crippen molar-refractivity contribution in [1.29, 1.82) is 0 Å². The topological polar surface area (TPSA) is 12.0 Å². The van der Waals surface area contributed by atoms with Crippen LogP contribution in [0.2, 0.25) is 0 Å². The zero-order valence-corrected chi connectivity index (χ0v) is 10.8. The highest BCUT2D eigenvalue weighted by molar-refractivity contribution is 7.98. The molecule has 0 spiro atoms. The first kappa shape index (κ1) is 13.5. The molecule has 1 N–H and O–H groups in total. The van der Waals surface area contributed by atoms with Gasteiger partial charge in [-0.3, -0.25) is 0 Å². The first-order valence-electron chi connectivity index (χ1n) is 5.69. The van der Waals surface area contributed by atoms with Gasteiger partial charge >= 0.3 is 0 Å². The van der Waals surface area contributed by atoms with Gasteiger partial charge in [0, 0.05) is 18.3 Å². The molecule has 0 saturated carbocycles. The van der Waals surface area contributed by atoms with Crippen molar-refractivity contribution in [1.82, 2.24) is 5.32 Å². The summed E-state index contributed by atoms with van der Waals surface area (Å²) < 4.78 is 12.7. The Kier molecular flexibility index (Phi) is 6.50. The van der Waals surface area contributed by atoms with Crippen LogP contribution in [0.3, 0.4) is 0 Å². The molecule has 1 aromatic rings. The van der Waals surface area contributed by atoms with E-state index in [9.17, 15) is 4.39 Å². The molecule has 1 aromatic carbocycles. The molecular formula is C13H20FNS. The monoisotopic (exact) mass is 241 g/mol. The average Bonchev–Trinajstić information content (AvgIpc) is 2.29. The van der Waals surface area contributed by atoms with E-state index in [-0.39, 0.29) is 5.82 Å². The van der Waals surface area contributed by atoms with E-state index in [1.165, 1.54) is 17.7 Å². The molecule has 0 aliphatic heterocycles. The Morgan fingerprint density at radius 3 is 2.62 bits per heavy atom. The molecule has 1 nitrogen and oxygen atoms in total. The number of nitrogens with one attached hydrogen (secondary N) is 1. The fourth-order valence-corrected chi connectivity index (χ4v) is 1.87. The fourth-order valence-electron chi connectivity index (χ4n) is 1.54. The highest BCUT2D eigenvalue weighted by Crippen LogP contribution is 2.07. The normalized spacial score (nSPS) is 12.7. The Morgan fingerprint density at radius 1 is 1.31 bits per heavy atom. The first-order chi connectivity index (χ1) is 7.72. The summed E-state index contributed by atoms with van der Waals surface area (Å²) >= 11 is 1.86. The summed E-state index contributed by atoms with van der Waals surface area (Å²) in [7, 11) is 0. The van der Waals surface area contributed by atoms with Crippen molar-refractivity contribution >= 4 is 11.8 Å². The third kappa shape index (κ3) is 5.52. The zero-order valence-electron chi connectivity index (χ0n) is 10.0. The number of hydrogen-bond donors (Lipinski definition) is 1. The van der Waals surface area contributed by atoms with Gasteiger partial charge in [-0.1, -0.05) is 12.1 Å². The summed E-state index contributed by atoms with van der Waals surface area (Å²) in [5.41, 5.74) is 1.21. The summed E-state index contributed by atoms with van der Waals surface area (Å²) in [6, 6.07) is 7.31. The third-order valence-electron chi connectivity index (χ3n) is 2.58. The van der Waals surface area contributed by atoms with Crippen molar-refractivity contribution < 1.29 is 4.39 Å². The van der Waals surface area contributed by atoms with E-state index in [2.05, 4.69) is 18.5 Å². The highest BCUT2D eigenvalue weighted by atomic mass is 32.2. The molecule has 0 aliphatic carbocycles. The first-order valence-corrected chi connectivity index (χ1v) is 7.08. The van der Waals surface area contributed by atoms with Gasteiger partial charge in [-0.2, -0.15) is 11.8 Å². The van der Waals surface area contributed by atoms with Gasteiger partial charge in [0.2, 0.25) is 0 Å². The van der Waals surface area contributed by atoms with Gasteiger partial charge < -0.3 is 5.32 Å². The van der Waals surface area contributed by atoms with Gasteiger partial charge in [-0.15, -0.1) is 0 Å². The number of hydrogen-bond acceptors (Lipinski definition) is 2. The van der Waals surface area contributed by atoms with Crippen LogP contribution < -0.4 is 5.32 Å². The maximum Gasteiger partial charge on any atom is 0.123 e. The number of thioether (sulfide) groups is 1. The molecule has 0 saturated heterocycles. The summed E-state index contributed by atoms with van der Waals surface area (Å²) in [6.07, 6.45) is 4.22. The molecule has 0 aliphatic rings. The fraction of sp³-hybridized carbons (Fsp3) is 0.538. The Hall–Kier alpha value is -0.540. The van der Waals surface area contributed by atoms with Crippen LogP contribution in [0.5, 0.6) is 0 Å². The van der Waals surface area contributed by atoms with Crippen molar-refractivity contribution in [2.45, 2.75) is 25.8 Å². The van der Waals surface area contributed by atoms with E-state index in [1.807, 2.05) is 23.9 Å². The van der Waals surface area contributed by atoms with Gasteiger partial charge in [0.1, 0.15) is 5.82 Å². The molecule has 3 heteroatoms. The second-order valence-electron chi connectivity index (χ2n) is 4.01. The van der Waals surface area contributed by atoms with Gasteiger partial charge in [-0.25, -0.2) is 4.39 Å². The van der Waals surface area contributed by atoms with Crippen molar-refractivity contribution in [2.24, 2.45) is 0 Å². The van der Waals surface area contributed by atoms with Gasteiger partial charge in [-0.05, 0) is 43.7 Å². The van der Waals surface area contributed by atoms with E-state index in [0.29, 0.717) is 6.04 Å². The van der Waals surface area contributed by atoms with Crippen LogP contribution in [-0.2, 0) is 6.42 Å². The Morgan fingerprint density at radius 2 is 2.00 bits per heavy atom. The van der Waals surface area contributed by atoms with Crippen molar-refractivity contribution in [3.05, 3.63) is 35.6 Å². The van der Waals surface area contributed by atoms with Gasteiger partial charge in [0.25, 0.3) is 0 Å². The summed E-state index contributed by atoms with van der Waals surface area (Å²) in [5, 5.41) is 3.47. The molecule has 90 valence electrons. The van der Waals surface area contributed by atoms with E-state index in [1.54, 1.807) is 0 Å². The molecular weight excluding hydrogens is 221 g/mol.